The molecule has 3 rings (SSSR count). The summed E-state index contributed by atoms with van der Waals surface area (Å²) in [5.74, 6) is 0.301. The van der Waals surface area contributed by atoms with Crippen molar-refractivity contribution in [2.75, 3.05) is 26.6 Å². The standard InChI is InChI=1S/C21H20ClNO6/c1-11-5-17-13(7-15(11)22)12(6-20(24)29-17)10-23-16-9-19(27-3)18(26-2)8-14(16)21(25)28-4/h5-9,23H,10H2,1-4H3. The summed E-state index contributed by atoms with van der Waals surface area (Å²) in [5.41, 5.74) is 2.18. The van der Waals surface area contributed by atoms with Crippen LogP contribution in [0, 0.1) is 6.92 Å². The van der Waals surface area contributed by atoms with Crippen molar-refractivity contribution in [3.63, 3.8) is 0 Å². The number of carbonyl (C=O) groups is 1. The Kier molecular flexibility index (Phi) is 5.98. The number of rotatable bonds is 6. The minimum atomic E-state index is -0.537. The lowest BCUT2D eigenvalue weighted by Gasteiger charge is -2.16. The minimum Gasteiger partial charge on any atom is -0.493 e. The molecule has 1 aromatic heterocycles. The molecule has 3 aromatic rings. The summed E-state index contributed by atoms with van der Waals surface area (Å²) < 4.78 is 20.7. The molecule has 7 nitrogen and oxygen atoms in total. The quantitative estimate of drug-likeness (QED) is 0.475. The maximum Gasteiger partial charge on any atom is 0.340 e. The van der Waals surface area contributed by atoms with Crippen molar-refractivity contribution in [1.29, 1.82) is 0 Å². The largest absolute Gasteiger partial charge is 0.493 e. The van der Waals surface area contributed by atoms with E-state index in [-0.39, 0.29) is 12.1 Å². The van der Waals surface area contributed by atoms with Crippen LogP contribution in [0.1, 0.15) is 21.5 Å². The average Bonchev–Trinajstić information content (AvgIpc) is 2.71. The third kappa shape index (κ3) is 4.14. The summed E-state index contributed by atoms with van der Waals surface area (Å²) in [7, 11) is 4.27. The molecule has 0 aliphatic rings. The Morgan fingerprint density at radius 3 is 2.41 bits per heavy atom. The van der Waals surface area contributed by atoms with Crippen LogP contribution in [0.2, 0.25) is 5.02 Å². The van der Waals surface area contributed by atoms with E-state index < -0.39 is 11.6 Å². The molecule has 0 aliphatic heterocycles. The van der Waals surface area contributed by atoms with Crippen LogP contribution in [-0.4, -0.2) is 27.3 Å². The topological polar surface area (TPSA) is 87.0 Å². The summed E-state index contributed by atoms with van der Waals surface area (Å²) in [4.78, 5) is 24.2. The number of halogens is 1. The molecular weight excluding hydrogens is 398 g/mol. The summed E-state index contributed by atoms with van der Waals surface area (Å²) >= 11 is 6.24. The predicted octanol–water partition coefficient (Wildman–Crippen LogP) is 4.17. The van der Waals surface area contributed by atoms with Gasteiger partial charge in [0.15, 0.2) is 11.5 Å². The second-order valence-electron chi connectivity index (χ2n) is 6.29. The van der Waals surface area contributed by atoms with Crippen LogP contribution < -0.4 is 20.4 Å². The zero-order chi connectivity index (χ0) is 21.1. The van der Waals surface area contributed by atoms with Gasteiger partial charge in [0.1, 0.15) is 5.58 Å². The van der Waals surface area contributed by atoms with Crippen LogP contribution >= 0.6 is 11.6 Å². The second-order valence-corrected chi connectivity index (χ2v) is 6.69. The Hall–Kier alpha value is -3.19. The Morgan fingerprint density at radius 2 is 1.76 bits per heavy atom. The number of anilines is 1. The van der Waals surface area contributed by atoms with Crippen molar-refractivity contribution in [3.05, 3.63) is 62.5 Å². The normalized spacial score (nSPS) is 10.7. The van der Waals surface area contributed by atoms with Crippen molar-refractivity contribution in [2.45, 2.75) is 13.5 Å². The molecule has 152 valence electrons. The van der Waals surface area contributed by atoms with E-state index in [0.29, 0.717) is 38.7 Å². The molecule has 2 aromatic carbocycles. The number of aryl methyl sites for hydroxylation is 1. The third-order valence-electron chi connectivity index (χ3n) is 4.51. The van der Waals surface area contributed by atoms with Crippen molar-refractivity contribution >= 4 is 34.2 Å². The van der Waals surface area contributed by atoms with E-state index in [2.05, 4.69) is 5.32 Å². The van der Waals surface area contributed by atoms with Crippen LogP contribution in [0.15, 0.2) is 39.5 Å². The Bertz CT molecular complexity index is 1140. The molecule has 8 heteroatoms. The monoisotopic (exact) mass is 417 g/mol. The molecule has 0 spiro atoms. The summed E-state index contributed by atoms with van der Waals surface area (Å²) in [6.45, 7) is 2.07. The lowest BCUT2D eigenvalue weighted by atomic mass is 10.1. The number of carbonyl (C=O) groups excluding carboxylic acids is 1. The molecule has 1 heterocycles. The molecule has 0 bridgehead atoms. The van der Waals surface area contributed by atoms with E-state index in [1.807, 2.05) is 6.92 Å². The van der Waals surface area contributed by atoms with Gasteiger partial charge in [0.2, 0.25) is 0 Å². The van der Waals surface area contributed by atoms with Crippen molar-refractivity contribution in [2.24, 2.45) is 0 Å². The number of nitrogens with one attached hydrogen (secondary N) is 1. The molecule has 0 fully saturated rings. The van der Waals surface area contributed by atoms with E-state index in [9.17, 15) is 9.59 Å². The van der Waals surface area contributed by atoms with Gasteiger partial charge < -0.3 is 23.9 Å². The Balaban J connectivity index is 2.04. The van der Waals surface area contributed by atoms with Crippen LogP contribution in [-0.2, 0) is 11.3 Å². The van der Waals surface area contributed by atoms with E-state index in [1.165, 1.54) is 33.5 Å². The van der Waals surface area contributed by atoms with Gasteiger partial charge in [-0.15, -0.1) is 0 Å². The van der Waals surface area contributed by atoms with Gasteiger partial charge in [-0.1, -0.05) is 11.6 Å². The number of methoxy groups -OCH3 is 3. The highest BCUT2D eigenvalue weighted by molar-refractivity contribution is 6.32. The lowest BCUT2D eigenvalue weighted by molar-refractivity contribution is 0.0601. The predicted molar refractivity (Wildman–Crippen MR) is 110 cm³/mol. The molecule has 0 amide bonds. The number of hydrogen-bond donors (Lipinski definition) is 1. The van der Waals surface area contributed by atoms with Gasteiger partial charge in [-0.3, -0.25) is 0 Å². The zero-order valence-electron chi connectivity index (χ0n) is 16.4. The van der Waals surface area contributed by atoms with E-state index in [4.69, 9.17) is 30.2 Å². The first-order chi connectivity index (χ1) is 13.9. The molecule has 0 saturated heterocycles. The van der Waals surface area contributed by atoms with Gasteiger partial charge in [-0.25, -0.2) is 9.59 Å². The van der Waals surface area contributed by atoms with Gasteiger partial charge >= 0.3 is 11.6 Å². The van der Waals surface area contributed by atoms with Gasteiger partial charge in [-0.2, -0.15) is 0 Å². The zero-order valence-corrected chi connectivity index (χ0v) is 17.2. The first-order valence-electron chi connectivity index (χ1n) is 8.69. The summed E-state index contributed by atoms with van der Waals surface area (Å²) in [6, 6.07) is 8.03. The molecule has 0 atom stereocenters. The second kappa shape index (κ2) is 8.45. The van der Waals surface area contributed by atoms with Gasteiger partial charge in [0.25, 0.3) is 0 Å². The number of esters is 1. The third-order valence-corrected chi connectivity index (χ3v) is 4.91. The Labute approximate surface area is 172 Å². The van der Waals surface area contributed by atoms with Gasteiger partial charge in [0.05, 0.1) is 32.6 Å². The first kappa shape index (κ1) is 20.5. The smallest absolute Gasteiger partial charge is 0.340 e. The Morgan fingerprint density at radius 1 is 1.07 bits per heavy atom. The fourth-order valence-corrected chi connectivity index (χ4v) is 3.15. The number of fused-ring (bicyclic) bond motifs is 1. The fraction of sp³-hybridized carbons (Fsp3) is 0.238. The van der Waals surface area contributed by atoms with Crippen LogP contribution in [0.4, 0.5) is 5.69 Å². The van der Waals surface area contributed by atoms with Crippen molar-refractivity contribution in [3.8, 4) is 11.5 Å². The summed E-state index contributed by atoms with van der Waals surface area (Å²) in [6.07, 6.45) is 0. The van der Waals surface area contributed by atoms with Gasteiger partial charge in [0, 0.05) is 35.2 Å². The maximum absolute atomic E-state index is 12.2. The number of hydrogen-bond acceptors (Lipinski definition) is 7. The molecule has 0 aliphatic carbocycles. The van der Waals surface area contributed by atoms with E-state index in [0.717, 1.165) is 5.56 Å². The highest BCUT2D eigenvalue weighted by Gasteiger charge is 2.18. The molecule has 0 saturated carbocycles. The van der Waals surface area contributed by atoms with Crippen molar-refractivity contribution < 1.29 is 23.4 Å². The molecular formula is C21H20ClNO6. The minimum absolute atomic E-state index is 0.237. The fourth-order valence-electron chi connectivity index (χ4n) is 2.99. The molecule has 1 N–H and O–H groups in total. The number of benzene rings is 2. The van der Waals surface area contributed by atoms with Gasteiger partial charge in [-0.05, 0) is 30.2 Å². The average molecular weight is 418 g/mol. The highest BCUT2D eigenvalue weighted by atomic mass is 35.5. The van der Waals surface area contributed by atoms with E-state index in [1.54, 1.807) is 18.2 Å². The maximum atomic E-state index is 12.2. The van der Waals surface area contributed by atoms with Crippen molar-refractivity contribution in [1.82, 2.24) is 0 Å². The summed E-state index contributed by atoms with van der Waals surface area (Å²) in [5, 5.41) is 4.43. The molecule has 0 unspecified atom stereocenters. The lowest BCUT2D eigenvalue weighted by Crippen LogP contribution is -2.11. The first-order valence-corrected chi connectivity index (χ1v) is 9.06. The van der Waals surface area contributed by atoms with Crippen LogP contribution in [0.5, 0.6) is 11.5 Å². The van der Waals surface area contributed by atoms with Crippen LogP contribution in [0.25, 0.3) is 11.0 Å². The van der Waals surface area contributed by atoms with Crippen LogP contribution in [0.3, 0.4) is 0 Å². The SMILES string of the molecule is COC(=O)c1cc(OC)c(OC)cc1NCc1cc(=O)oc2cc(C)c(Cl)cc12. The molecule has 29 heavy (non-hydrogen) atoms. The van der Waals surface area contributed by atoms with E-state index >= 15 is 0 Å². The molecule has 0 radical (unpaired) electrons. The number of ether oxygens (including phenoxy) is 3. The highest BCUT2D eigenvalue weighted by Crippen LogP contribution is 2.34.